The summed E-state index contributed by atoms with van der Waals surface area (Å²) >= 11 is 0. The minimum absolute atomic E-state index is 1.30. The molecular weight excluding hydrogens is 733 g/mol. The van der Waals surface area contributed by atoms with E-state index >= 15 is 0 Å². The second-order valence-electron chi connectivity index (χ2n) is 18.9. The predicted octanol–water partition coefficient (Wildman–Crippen LogP) is 17.7. The molecule has 0 amide bonds. The van der Waals surface area contributed by atoms with Crippen molar-refractivity contribution in [2.75, 3.05) is 0 Å². The molecule has 0 bridgehead atoms. The summed E-state index contributed by atoms with van der Waals surface area (Å²) in [5, 5.41) is 50.9. The number of benzene rings is 19. The second-order valence-corrected chi connectivity index (χ2v) is 18.9. The monoisotopic (exact) mass is 758 g/mol. The van der Waals surface area contributed by atoms with Gasteiger partial charge in [0.1, 0.15) is 0 Å². The minimum atomic E-state index is 1.30. The lowest BCUT2D eigenvalue weighted by atomic mass is 9.70. The van der Waals surface area contributed by atoms with Crippen LogP contribution in [0.3, 0.4) is 0 Å². The Morgan fingerprint density at radius 2 is 0.410 bits per heavy atom. The Kier molecular flexibility index (Phi) is 4.03. The van der Waals surface area contributed by atoms with Crippen LogP contribution in [0, 0.1) is 6.92 Å². The van der Waals surface area contributed by atoms with Gasteiger partial charge in [0, 0.05) is 0 Å². The molecule has 0 heteroatoms. The molecule has 19 aromatic carbocycles. The van der Waals surface area contributed by atoms with Gasteiger partial charge in [-0.25, -0.2) is 0 Å². The summed E-state index contributed by atoms with van der Waals surface area (Å²) in [6.45, 7) is 2.26. The van der Waals surface area contributed by atoms with Gasteiger partial charge in [-0.3, -0.25) is 0 Å². The highest BCUT2D eigenvalue weighted by Gasteiger charge is 2.35. The van der Waals surface area contributed by atoms with Crippen molar-refractivity contribution < 1.29 is 0 Å². The Balaban J connectivity index is 1.32. The molecule has 0 fully saturated rings. The van der Waals surface area contributed by atoms with Crippen LogP contribution < -0.4 is 0 Å². The molecule has 0 saturated heterocycles. The molecule has 0 atom stereocenters. The molecule has 19 rings (SSSR count). The third-order valence-electron chi connectivity index (χ3n) is 16.6. The quantitative estimate of drug-likeness (QED) is 0.107. The Bertz CT molecular complexity index is 5180. The second kappa shape index (κ2) is 8.59. The molecule has 0 nitrogen and oxygen atoms in total. The van der Waals surface area contributed by atoms with Crippen LogP contribution >= 0.6 is 0 Å². The molecule has 0 aliphatic rings. The van der Waals surface area contributed by atoms with E-state index in [2.05, 4.69) is 146 Å². The molecular formula is C61H26. The highest BCUT2D eigenvalue weighted by Crippen LogP contribution is 2.64. The van der Waals surface area contributed by atoms with E-state index in [4.69, 9.17) is 0 Å². The number of fused-ring (bicyclic) bond motifs is 12. The van der Waals surface area contributed by atoms with Gasteiger partial charge in [-0.2, -0.15) is 0 Å². The average molecular weight is 759 g/mol. The zero-order chi connectivity index (χ0) is 38.6. The summed E-state index contributed by atoms with van der Waals surface area (Å²) in [5.74, 6) is 0. The number of hydrogen-bond acceptors (Lipinski definition) is 0. The Morgan fingerprint density at radius 3 is 0.852 bits per heavy atom. The molecule has 0 aliphatic heterocycles. The number of rotatable bonds is 0. The smallest absolute Gasteiger partial charge is 0.00000151 e. The van der Waals surface area contributed by atoms with Crippen molar-refractivity contribution in [3.05, 3.63) is 145 Å². The van der Waals surface area contributed by atoms with Crippen LogP contribution in [0.1, 0.15) is 5.56 Å². The summed E-state index contributed by atoms with van der Waals surface area (Å²) in [5.41, 5.74) is 1.30. The SMILES string of the molecule is Cc1ccc2c(c1)c1ccc3c4ccc5c6ccccc6c6ccc7c8cccc9c%10ccc%11c%12ccccc%12c%12cc2c2c1c3c1c3c4c5c6c7c3c(c89)c3c%10c%11c%12c2c31. The van der Waals surface area contributed by atoms with Gasteiger partial charge in [-0.15, -0.1) is 0 Å². The fourth-order valence-electron chi connectivity index (χ4n) is 14.7. The summed E-state index contributed by atoms with van der Waals surface area (Å²) in [6, 6.07) is 55.2. The topological polar surface area (TPSA) is 0 Å². The molecule has 0 radical (unpaired) electrons. The lowest BCUT2D eigenvalue weighted by Crippen LogP contribution is -2.02. The van der Waals surface area contributed by atoms with Gasteiger partial charge in [0.25, 0.3) is 0 Å². The maximum Gasteiger partial charge on any atom is -0.00000151 e. The van der Waals surface area contributed by atoms with Crippen LogP contribution in [0.25, 0.3) is 194 Å². The van der Waals surface area contributed by atoms with Crippen molar-refractivity contribution >= 4 is 194 Å². The van der Waals surface area contributed by atoms with Gasteiger partial charge in [0.15, 0.2) is 0 Å². The van der Waals surface area contributed by atoms with Crippen LogP contribution in [0.4, 0.5) is 0 Å². The van der Waals surface area contributed by atoms with Crippen LogP contribution in [0.5, 0.6) is 0 Å². The fourth-order valence-corrected chi connectivity index (χ4v) is 14.7. The Labute approximate surface area is 344 Å². The van der Waals surface area contributed by atoms with Crippen molar-refractivity contribution in [2.24, 2.45) is 0 Å². The summed E-state index contributed by atoms with van der Waals surface area (Å²) in [4.78, 5) is 0. The van der Waals surface area contributed by atoms with Gasteiger partial charge in [-0.05, 0) is 207 Å². The molecule has 61 heavy (non-hydrogen) atoms. The van der Waals surface area contributed by atoms with Crippen molar-refractivity contribution in [2.45, 2.75) is 6.92 Å². The molecule has 0 heterocycles. The molecule has 0 saturated carbocycles. The number of hydrogen-bond donors (Lipinski definition) is 0. The largest absolute Gasteiger partial charge is 0.0616 e. The van der Waals surface area contributed by atoms with Crippen molar-refractivity contribution in [1.82, 2.24) is 0 Å². The first kappa shape index (κ1) is 28.6. The predicted molar refractivity (Wildman–Crippen MR) is 267 cm³/mol. The van der Waals surface area contributed by atoms with E-state index in [1.54, 1.807) is 0 Å². The first-order valence-corrected chi connectivity index (χ1v) is 21.9. The van der Waals surface area contributed by atoms with Crippen LogP contribution in [0.15, 0.2) is 140 Å². The van der Waals surface area contributed by atoms with E-state index in [0.717, 1.165) is 0 Å². The standard InChI is InChI=1S/C61H26/c1-25-13-14-30-41(23-25)40-22-21-39-38-20-17-34-27-8-3-2-7-26(27)33-15-18-36-31-11-6-12-32-37-19-16-35-28-9-4-5-10-29(28)42-24-43(30)54-48(40)52(39)60-59-51(38)46(34)45(33)49(36)57(59)55(44(31)32)58-50(37)47(35)53(42)56(54)61(58)60/h2-24H,1H3. The lowest BCUT2D eigenvalue weighted by molar-refractivity contribution is 1.51. The van der Waals surface area contributed by atoms with E-state index in [0.29, 0.717) is 0 Å². The molecule has 0 spiro atoms. The first-order chi connectivity index (χ1) is 30.2. The normalized spacial score (nSPS) is 14.0. The summed E-state index contributed by atoms with van der Waals surface area (Å²) in [7, 11) is 0. The summed E-state index contributed by atoms with van der Waals surface area (Å²) in [6.07, 6.45) is 0. The van der Waals surface area contributed by atoms with Crippen LogP contribution in [0.2, 0.25) is 0 Å². The maximum absolute atomic E-state index is 2.60. The van der Waals surface area contributed by atoms with Crippen molar-refractivity contribution in [1.29, 1.82) is 0 Å². The fraction of sp³-hybridized carbons (Fsp3) is 0.0164. The minimum Gasteiger partial charge on any atom is -0.0616 e. The molecule has 0 N–H and O–H groups in total. The average Bonchev–Trinajstić information content (AvgIpc) is 3.31. The highest BCUT2D eigenvalue weighted by atomic mass is 14.4. The Hall–Kier alpha value is -7.80. The Morgan fingerprint density at radius 1 is 0.164 bits per heavy atom. The molecule has 0 aliphatic carbocycles. The third kappa shape index (κ3) is 2.59. The first-order valence-electron chi connectivity index (χ1n) is 21.9. The van der Waals surface area contributed by atoms with Gasteiger partial charge >= 0.3 is 0 Å². The van der Waals surface area contributed by atoms with Gasteiger partial charge in [0.05, 0.1) is 0 Å². The van der Waals surface area contributed by atoms with E-state index in [1.807, 2.05) is 0 Å². The molecule has 0 aromatic heterocycles. The van der Waals surface area contributed by atoms with E-state index in [9.17, 15) is 0 Å². The van der Waals surface area contributed by atoms with Crippen LogP contribution in [-0.4, -0.2) is 0 Å². The van der Waals surface area contributed by atoms with E-state index < -0.39 is 0 Å². The van der Waals surface area contributed by atoms with Crippen LogP contribution in [-0.2, 0) is 0 Å². The van der Waals surface area contributed by atoms with Gasteiger partial charge in [-0.1, -0.05) is 139 Å². The number of aryl methyl sites for hydroxylation is 1. The zero-order valence-electron chi connectivity index (χ0n) is 32.8. The third-order valence-corrected chi connectivity index (χ3v) is 16.6. The summed E-state index contributed by atoms with van der Waals surface area (Å²) < 4.78 is 0. The van der Waals surface area contributed by atoms with Crippen molar-refractivity contribution in [3.63, 3.8) is 0 Å². The van der Waals surface area contributed by atoms with Gasteiger partial charge in [0.2, 0.25) is 0 Å². The van der Waals surface area contributed by atoms with E-state index in [1.165, 1.54) is 199 Å². The van der Waals surface area contributed by atoms with Crippen molar-refractivity contribution in [3.8, 4) is 0 Å². The highest BCUT2D eigenvalue weighted by molar-refractivity contribution is 6.65. The zero-order valence-corrected chi connectivity index (χ0v) is 32.8. The maximum atomic E-state index is 2.60. The molecule has 19 aromatic rings. The molecule has 0 unspecified atom stereocenters. The lowest BCUT2D eigenvalue weighted by Gasteiger charge is -2.31. The molecule has 270 valence electrons. The van der Waals surface area contributed by atoms with Gasteiger partial charge < -0.3 is 0 Å². The van der Waals surface area contributed by atoms with E-state index in [-0.39, 0.29) is 0 Å².